The Hall–Kier alpha value is 0.610. The normalized spacial score (nSPS) is 14.6. The third kappa shape index (κ3) is 1.86. The van der Waals surface area contributed by atoms with Crippen LogP contribution in [0.4, 0.5) is 11.4 Å². The third-order valence-corrected chi connectivity index (χ3v) is 4.14. The average Bonchev–Trinajstić information content (AvgIpc) is 2.48. The van der Waals surface area contributed by atoms with Crippen molar-refractivity contribution in [1.82, 2.24) is 0 Å². The number of hydrogen-bond donors (Lipinski definition) is 1. The molecule has 1 aliphatic rings. The molecule has 1 N–H and O–H groups in total. The van der Waals surface area contributed by atoms with Crippen LogP contribution < -0.4 is 8.05 Å². The van der Waals surface area contributed by atoms with Gasteiger partial charge in [-0.1, -0.05) is 44.0 Å². The summed E-state index contributed by atoms with van der Waals surface area (Å²) in [6.07, 6.45) is 0. The summed E-state index contributed by atoms with van der Waals surface area (Å²) in [6, 6.07) is 6.16. The molecular weight excluding hydrogens is 384 g/mol. The van der Waals surface area contributed by atoms with E-state index in [9.17, 15) is 0 Å². The van der Waals surface area contributed by atoms with Crippen LogP contribution in [0.5, 0.6) is 0 Å². The smallest absolute Gasteiger partial charge is 0.0967 e. The molecule has 1 aromatic rings. The van der Waals surface area contributed by atoms with Crippen molar-refractivity contribution in [3.05, 3.63) is 23.8 Å². The maximum atomic E-state index is 3.50. The lowest BCUT2D eigenvalue weighted by molar-refractivity contribution is 1.42. The van der Waals surface area contributed by atoms with E-state index in [1.54, 1.807) is 0 Å². The van der Waals surface area contributed by atoms with E-state index in [1.165, 1.54) is 17.7 Å². The predicted octanol–water partition coefficient (Wildman–Crippen LogP) is 4.58. The zero-order valence-electron chi connectivity index (χ0n) is 6.30. The molecule has 2 nitrogen and oxygen atoms in total. The number of anilines is 2. The van der Waals surface area contributed by atoms with Gasteiger partial charge in [0.2, 0.25) is 0 Å². The van der Waals surface area contributed by atoms with Crippen LogP contribution in [0.3, 0.4) is 0 Å². The van der Waals surface area contributed by atoms with Gasteiger partial charge < -0.3 is 4.72 Å². The molecule has 1 heterocycles. The molecule has 0 radical (unpaired) electrons. The van der Waals surface area contributed by atoms with E-state index in [4.69, 9.17) is 0 Å². The highest BCUT2D eigenvalue weighted by atomic mass is 79.9. The van der Waals surface area contributed by atoms with E-state index in [2.05, 4.69) is 64.9 Å². The first-order valence-electron chi connectivity index (χ1n) is 3.50. The molecular formula is C7H5Br3N2S. The highest BCUT2D eigenvalue weighted by Crippen LogP contribution is 2.48. The van der Waals surface area contributed by atoms with E-state index >= 15 is 0 Å². The number of nitrogens with zero attached hydrogens (tertiary/aromatic N) is 1. The van der Waals surface area contributed by atoms with Crippen LogP contribution in [-0.2, 0) is 0 Å². The first kappa shape index (κ1) is 10.1. The van der Waals surface area contributed by atoms with Gasteiger partial charge in [-0.25, -0.2) is 3.33 Å². The number of nitrogens with one attached hydrogen (secondary N) is 1. The van der Waals surface area contributed by atoms with Crippen LogP contribution in [0.2, 0.25) is 0 Å². The molecule has 0 saturated carbocycles. The summed E-state index contributed by atoms with van der Waals surface area (Å²) < 4.78 is 5.31. The summed E-state index contributed by atoms with van der Waals surface area (Å²) in [4.78, 5) is 0. The summed E-state index contributed by atoms with van der Waals surface area (Å²) in [7, 11) is 0. The quantitative estimate of drug-likeness (QED) is 0.430. The fourth-order valence-electron chi connectivity index (χ4n) is 1.15. The average molecular weight is 389 g/mol. The lowest BCUT2D eigenvalue weighted by Crippen LogP contribution is -1.95. The van der Waals surface area contributed by atoms with E-state index in [0.717, 1.165) is 11.4 Å². The van der Waals surface area contributed by atoms with Crippen LogP contribution in [-0.4, -0.2) is 0 Å². The Bertz CT molecular complexity index is 332. The minimum Gasteiger partial charge on any atom is -0.309 e. The van der Waals surface area contributed by atoms with Crippen LogP contribution in [0, 0.1) is 0 Å². The number of para-hydroxylation sites is 1. The second-order valence-electron chi connectivity index (χ2n) is 2.48. The molecule has 0 amide bonds. The van der Waals surface area contributed by atoms with Crippen LogP contribution >= 0.6 is 60.1 Å². The molecule has 70 valence electrons. The van der Waals surface area contributed by atoms with Gasteiger partial charge in [0.25, 0.3) is 0 Å². The number of halogens is 3. The molecule has 13 heavy (non-hydrogen) atoms. The topological polar surface area (TPSA) is 15.3 Å². The first-order valence-corrected chi connectivity index (χ1v) is 6.81. The Morgan fingerprint density at radius 2 is 2.15 bits per heavy atom. The Kier molecular flexibility index (Phi) is 3.12. The Labute approximate surface area is 106 Å². The number of rotatable bonds is 1. The minimum atomic E-state index is 0.176. The summed E-state index contributed by atoms with van der Waals surface area (Å²) in [6.45, 7) is 0. The fraction of sp³-hybridized carbons (Fsp3) is 0.143. The summed E-state index contributed by atoms with van der Waals surface area (Å²) in [5, 5.41) is 0. The van der Waals surface area contributed by atoms with Gasteiger partial charge in [-0.3, -0.25) is 0 Å². The molecule has 1 aliphatic heterocycles. The van der Waals surface area contributed by atoms with Gasteiger partial charge in [0.05, 0.1) is 43.4 Å². The minimum absolute atomic E-state index is 0.176. The molecule has 0 atom stereocenters. The molecule has 2 rings (SSSR count). The van der Waals surface area contributed by atoms with Crippen molar-refractivity contribution in [2.75, 3.05) is 8.05 Å². The molecule has 0 unspecified atom stereocenters. The van der Waals surface area contributed by atoms with Gasteiger partial charge in [-0.15, -0.1) is 0 Å². The number of alkyl halides is 2. The number of hydrogen-bond acceptors (Lipinski definition) is 3. The van der Waals surface area contributed by atoms with E-state index in [0.29, 0.717) is 0 Å². The summed E-state index contributed by atoms with van der Waals surface area (Å²) >= 11 is 12.0. The van der Waals surface area contributed by atoms with E-state index < -0.39 is 0 Å². The zero-order chi connectivity index (χ0) is 9.42. The zero-order valence-corrected chi connectivity index (χ0v) is 11.9. The monoisotopic (exact) mass is 386 g/mol. The third-order valence-electron chi connectivity index (χ3n) is 1.71. The van der Waals surface area contributed by atoms with Crippen molar-refractivity contribution in [1.29, 1.82) is 0 Å². The maximum Gasteiger partial charge on any atom is 0.0967 e. The summed E-state index contributed by atoms with van der Waals surface area (Å²) in [5.41, 5.74) is 3.49. The number of fused-ring (bicyclic) bond motifs is 1. The van der Waals surface area contributed by atoms with E-state index in [1.807, 2.05) is 9.40 Å². The van der Waals surface area contributed by atoms with E-state index in [-0.39, 0.29) is 3.74 Å². The van der Waals surface area contributed by atoms with Crippen molar-refractivity contribution < 1.29 is 0 Å². The molecule has 0 fully saturated rings. The summed E-state index contributed by atoms with van der Waals surface area (Å²) in [5.74, 6) is 0. The first-order chi connectivity index (χ1) is 6.20. The van der Waals surface area contributed by atoms with Crippen LogP contribution in [0.25, 0.3) is 0 Å². The van der Waals surface area contributed by atoms with Crippen molar-refractivity contribution in [2.24, 2.45) is 0 Å². The van der Waals surface area contributed by atoms with Crippen LogP contribution in [0.15, 0.2) is 18.2 Å². The van der Waals surface area contributed by atoms with Crippen molar-refractivity contribution in [3.63, 3.8) is 0 Å². The standard InChI is InChI=1S/C7H5Br3N2S/c8-7(9)4-2-1-3-5-6(4)12(10)13-11-5/h1-3,7,11H. The molecule has 0 bridgehead atoms. The van der Waals surface area contributed by atoms with Gasteiger partial charge in [0.1, 0.15) is 0 Å². The van der Waals surface area contributed by atoms with Gasteiger partial charge in [-0.2, -0.15) is 0 Å². The number of benzene rings is 1. The van der Waals surface area contributed by atoms with Crippen LogP contribution in [0.1, 0.15) is 9.30 Å². The highest BCUT2D eigenvalue weighted by molar-refractivity contribution is 9.24. The van der Waals surface area contributed by atoms with Crippen molar-refractivity contribution in [3.8, 4) is 0 Å². The molecule has 0 aliphatic carbocycles. The Balaban J connectivity index is 2.53. The molecule has 0 spiro atoms. The van der Waals surface area contributed by atoms with Gasteiger partial charge in [-0.05, 0) is 6.07 Å². The largest absolute Gasteiger partial charge is 0.309 e. The lowest BCUT2D eigenvalue weighted by atomic mass is 10.2. The van der Waals surface area contributed by atoms with Gasteiger partial charge in [0, 0.05) is 5.56 Å². The Morgan fingerprint density at radius 1 is 1.38 bits per heavy atom. The lowest BCUT2D eigenvalue weighted by Gasteiger charge is -2.11. The second kappa shape index (κ2) is 4.00. The maximum absolute atomic E-state index is 3.50. The van der Waals surface area contributed by atoms with Crippen molar-refractivity contribution >= 4 is 71.5 Å². The van der Waals surface area contributed by atoms with Gasteiger partial charge >= 0.3 is 0 Å². The Morgan fingerprint density at radius 3 is 2.85 bits per heavy atom. The SMILES string of the molecule is BrC(Br)c1cccc2c1N(Br)SN2. The fourth-order valence-corrected chi connectivity index (χ4v) is 3.14. The molecule has 6 heteroatoms. The molecule has 0 aromatic heterocycles. The van der Waals surface area contributed by atoms with Gasteiger partial charge in [0.15, 0.2) is 0 Å². The van der Waals surface area contributed by atoms with Crippen molar-refractivity contribution in [2.45, 2.75) is 3.74 Å². The second-order valence-corrected chi connectivity index (χ2v) is 7.47. The highest BCUT2D eigenvalue weighted by Gasteiger charge is 2.23. The molecule has 0 saturated heterocycles. The predicted molar refractivity (Wildman–Crippen MR) is 69.7 cm³/mol. The molecule has 1 aromatic carbocycles.